The normalized spacial score (nSPS) is 10.7. The smallest absolute Gasteiger partial charge is 0.281 e. The molecule has 5 heteroatoms. The second-order valence-corrected chi connectivity index (χ2v) is 4.70. The lowest BCUT2D eigenvalue weighted by Crippen LogP contribution is -1.95. The molecule has 0 aliphatic carbocycles. The van der Waals surface area contributed by atoms with E-state index in [2.05, 4.69) is 9.97 Å². The number of thiazole rings is 1. The fourth-order valence-corrected chi connectivity index (χ4v) is 2.37. The molecule has 2 heterocycles. The molecule has 1 aromatic carbocycles. The number of ether oxygens (including phenoxy) is 1. The van der Waals surface area contributed by atoms with Crippen LogP contribution in [0, 0.1) is 0 Å². The minimum atomic E-state index is 0.533. The summed E-state index contributed by atoms with van der Waals surface area (Å²) < 4.78 is 5.69. The summed E-state index contributed by atoms with van der Waals surface area (Å²) in [5, 5.41) is 0.601. The van der Waals surface area contributed by atoms with E-state index >= 15 is 0 Å². The molecule has 3 aromatic rings. The monoisotopic (exact) mass is 257 g/mol. The van der Waals surface area contributed by atoms with E-state index in [0.29, 0.717) is 11.7 Å². The standard InChI is InChI=1S/C13H11N3OS/c14-8-9-3-5-10(6-4-9)17-13-16-11-2-1-7-15-12(11)18-13/h1-7H,8,14H2. The zero-order valence-corrected chi connectivity index (χ0v) is 10.4. The average Bonchev–Trinajstić information content (AvgIpc) is 2.82. The predicted molar refractivity (Wildman–Crippen MR) is 71.8 cm³/mol. The molecule has 0 amide bonds. The van der Waals surface area contributed by atoms with Crippen LogP contribution < -0.4 is 10.5 Å². The van der Waals surface area contributed by atoms with E-state index in [1.807, 2.05) is 36.4 Å². The summed E-state index contributed by atoms with van der Waals surface area (Å²) in [5.41, 5.74) is 7.48. The van der Waals surface area contributed by atoms with Gasteiger partial charge in [0.2, 0.25) is 0 Å². The van der Waals surface area contributed by atoms with Crippen LogP contribution in [-0.2, 0) is 6.54 Å². The van der Waals surface area contributed by atoms with Gasteiger partial charge in [0.15, 0.2) is 0 Å². The molecule has 0 fully saturated rings. The topological polar surface area (TPSA) is 61.0 Å². The Balaban J connectivity index is 1.86. The van der Waals surface area contributed by atoms with Crippen LogP contribution in [0.15, 0.2) is 42.6 Å². The van der Waals surface area contributed by atoms with Crippen LogP contribution in [-0.4, -0.2) is 9.97 Å². The molecule has 0 spiro atoms. The van der Waals surface area contributed by atoms with Crippen molar-refractivity contribution in [2.45, 2.75) is 6.54 Å². The van der Waals surface area contributed by atoms with Gasteiger partial charge in [-0.3, -0.25) is 0 Å². The number of nitrogens with two attached hydrogens (primary N) is 1. The summed E-state index contributed by atoms with van der Waals surface area (Å²) in [6, 6.07) is 11.5. The molecule has 90 valence electrons. The molecule has 0 saturated heterocycles. The van der Waals surface area contributed by atoms with E-state index in [1.54, 1.807) is 6.20 Å². The third-order valence-corrected chi connectivity index (χ3v) is 3.37. The van der Waals surface area contributed by atoms with E-state index in [1.165, 1.54) is 11.3 Å². The molecule has 18 heavy (non-hydrogen) atoms. The van der Waals surface area contributed by atoms with E-state index in [-0.39, 0.29) is 0 Å². The lowest BCUT2D eigenvalue weighted by atomic mass is 10.2. The molecule has 0 saturated carbocycles. The fourth-order valence-electron chi connectivity index (χ4n) is 1.59. The first kappa shape index (κ1) is 11.1. The predicted octanol–water partition coefficient (Wildman–Crippen LogP) is 2.94. The lowest BCUT2D eigenvalue weighted by molar-refractivity contribution is 0.480. The summed E-state index contributed by atoms with van der Waals surface area (Å²) in [4.78, 5) is 9.47. The molecule has 0 aliphatic rings. The summed E-state index contributed by atoms with van der Waals surface area (Å²) in [6.07, 6.45) is 1.75. The Bertz CT molecular complexity index is 630. The molecule has 3 rings (SSSR count). The second-order valence-electron chi connectivity index (χ2n) is 3.76. The van der Waals surface area contributed by atoms with Gasteiger partial charge in [-0.1, -0.05) is 23.5 Å². The van der Waals surface area contributed by atoms with Gasteiger partial charge in [-0.05, 0) is 29.8 Å². The molecule has 2 aromatic heterocycles. The maximum Gasteiger partial charge on any atom is 0.281 e. The molecule has 4 nitrogen and oxygen atoms in total. The molecule has 0 atom stereocenters. The largest absolute Gasteiger partial charge is 0.431 e. The molecular formula is C13H11N3OS. The van der Waals surface area contributed by atoms with Gasteiger partial charge in [0.05, 0.1) is 0 Å². The molecule has 0 unspecified atom stereocenters. The summed E-state index contributed by atoms with van der Waals surface area (Å²) in [7, 11) is 0. The fraction of sp³-hybridized carbons (Fsp3) is 0.0769. The van der Waals surface area contributed by atoms with Crippen molar-refractivity contribution in [1.82, 2.24) is 9.97 Å². The van der Waals surface area contributed by atoms with Crippen LogP contribution in [0.4, 0.5) is 0 Å². The minimum Gasteiger partial charge on any atom is -0.431 e. The number of benzene rings is 1. The maximum absolute atomic E-state index is 5.69. The highest BCUT2D eigenvalue weighted by atomic mass is 32.1. The molecule has 0 radical (unpaired) electrons. The Hall–Kier alpha value is -1.98. The van der Waals surface area contributed by atoms with Gasteiger partial charge in [-0.2, -0.15) is 0 Å². The average molecular weight is 257 g/mol. The van der Waals surface area contributed by atoms with Crippen LogP contribution in [0.3, 0.4) is 0 Å². The van der Waals surface area contributed by atoms with Crippen LogP contribution in [0.2, 0.25) is 0 Å². The minimum absolute atomic E-state index is 0.533. The first-order valence-electron chi connectivity index (χ1n) is 5.53. The maximum atomic E-state index is 5.69. The highest BCUT2D eigenvalue weighted by molar-refractivity contribution is 7.19. The van der Waals surface area contributed by atoms with Crippen molar-refractivity contribution in [2.24, 2.45) is 5.73 Å². The number of aromatic nitrogens is 2. The Morgan fingerprint density at radius 3 is 2.72 bits per heavy atom. The van der Waals surface area contributed by atoms with Crippen LogP contribution in [0.25, 0.3) is 10.3 Å². The quantitative estimate of drug-likeness (QED) is 0.783. The van der Waals surface area contributed by atoms with Gasteiger partial charge in [0.1, 0.15) is 16.1 Å². The van der Waals surface area contributed by atoms with E-state index in [4.69, 9.17) is 10.5 Å². The van der Waals surface area contributed by atoms with E-state index in [0.717, 1.165) is 21.7 Å². The van der Waals surface area contributed by atoms with Crippen molar-refractivity contribution in [1.29, 1.82) is 0 Å². The van der Waals surface area contributed by atoms with Crippen LogP contribution in [0.5, 0.6) is 10.9 Å². The first-order valence-corrected chi connectivity index (χ1v) is 6.35. The first-order chi connectivity index (χ1) is 8.85. The third kappa shape index (κ3) is 2.18. The van der Waals surface area contributed by atoms with Gasteiger partial charge in [-0.25, -0.2) is 9.97 Å². The number of pyridine rings is 1. The summed E-state index contributed by atoms with van der Waals surface area (Å²) in [6.45, 7) is 0.533. The number of rotatable bonds is 3. The van der Waals surface area contributed by atoms with Gasteiger partial charge >= 0.3 is 0 Å². The van der Waals surface area contributed by atoms with Crippen LogP contribution in [0.1, 0.15) is 5.56 Å². The number of nitrogens with zero attached hydrogens (tertiary/aromatic N) is 2. The molecule has 0 bridgehead atoms. The Kier molecular flexibility index (Phi) is 2.92. The zero-order valence-electron chi connectivity index (χ0n) is 9.54. The van der Waals surface area contributed by atoms with Crippen molar-refractivity contribution in [3.05, 3.63) is 48.2 Å². The van der Waals surface area contributed by atoms with E-state index < -0.39 is 0 Å². The molecular weight excluding hydrogens is 246 g/mol. The second kappa shape index (κ2) is 4.72. The lowest BCUT2D eigenvalue weighted by Gasteiger charge is -2.01. The molecule has 0 aliphatic heterocycles. The number of fused-ring (bicyclic) bond motifs is 1. The highest BCUT2D eigenvalue weighted by Crippen LogP contribution is 2.29. The summed E-state index contributed by atoms with van der Waals surface area (Å²) in [5.74, 6) is 0.756. The summed E-state index contributed by atoms with van der Waals surface area (Å²) >= 11 is 1.43. The van der Waals surface area contributed by atoms with Crippen molar-refractivity contribution in [2.75, 3.05) is 0 Å². The molecule has 2 N–H and O–H groups in total. The zero-order chi connectivity index (χ0) is 12.4. The van der Waals surface area contributed by atoms with Crippen molar-refractivity contribution >= 4 is 21.7 Å². The number of hydrogen-bond acceptors (Lipinski definition) is 5. The van der Waals surface area contributed by atoms with Crippen LogP contribution >= 0.6 is 11.3 Å². The van der Waals surface area contributed by atoms with Gasteiger partial charge in [0.25, 0.3) is 5.19 Å². The third-order valence-electron chi connectivity index (χ3n) is 2.51. The van der Waals surface area contributed by atoms with Gasteiger partial charge < -0.3 is 10.5 Å². The van der Waals surface area contributed by atoms with Crippen molar-refractivity contribution in [3.8, 4) is 10.9 Å². The Labute approximate surface area is 108 Å². The number of hydrogen-bond donors (Lipinski definition) is 1. The van der Waals surface area contributed by atoms with Gasteiger partial charge in [-0.15, -0.1) is 0 Å². The van der Waals surface area contributed by atoms with Crippen molar-refractivity contribution in [3.63, 3.8) is 0 Å². The van der Waals surface area contributed by atoms with Gasteiger partial charge in [0, 0.05) is 12.7 Å². The SMILES string of the molecule is NCc1ccc(Oc2nc3cccnc3s2)cc1. The Morgan fingerprint density at radius 1 is 1.17 bits per heavy atom. The van der Waals surface area contributed by atoms with E-state index in [9.17, 15) is 0 Å². The Morgan fingerprint density at radius 2 is 2.00 bits per heavy atom. The highest BCUT2D eigenvalue weighted by Gasteiger charge is 2.06. The van der Waals surface area contributed by atoms with Crippen molar-refractivity contribution < 1.29 is 4.74 Å².